The molecule has 0 aliphatic rings. The molecule has 1 amide bonds. The number of anilines is 2. The molecule has 2 aromatic heterocycles. The number of rotatable bonds is 5. The van der Waals surface area contributed by atoms with Crippen LogP contribution in [0.25, 0.3) is 0 Å². The van der Waals surface area contributed by atoms with Crippen LogP contribution in [0.15, 0.2) is 10.9 Å². The summed E-state index contributed by atoms with van der Waals surface area (Å²) in [6.07, 6.45) is 0. The van der Waals surface area contributed by atoms with Gasteiger partial charge in [-0.2, -0.15) is 0 Å². The summed E-state index contributed by atoms with van der Waals surface area (Å²) in [4.78, 5) is 22.8. The van der Waals surface area contributed by atoms with Gasteiger partial charge in [-0.3, -0.25) is 4.79 Å². The average molecular weight is 311 g/mol. The summed E-state index contributed by atoms with van der Waals surface area (Å²) in [6, 6.07) is 0.247. The lowest BCUT2D eigenvalue weighted by Crippen LogP contribution is -2.26. The highest BCUT2D eigenvalue weighted by molar-refractivity contribution is 7.18. The molecule has 0 saturated carbocycles. The van der Waals surface area contributed by atoms with Gasteiger partial charge in [-0.25, -0.2) is 9.97 Å². The normalized spacial score (nSPS) is 10.8. The first kappa shape index (κ1) is 14.7. The minimum Gasteiger partial charge on any atom is -0.382 e. The molecule has 0 unspecified atom stereocenters. The van der Waals surface area contributed by atoms with Crippen molar-refractivity contribution >= 4 is 39.5 Å². The monoisotopic (exact) mass is 311 g/mol. The van der Waals surface area contributed by atoms with Gasteiger partial charge in [0.2, 0.25) is 0 Å². The first-order chi connectivity index (χ1) is 9.47. The maximum absolute atomic E-state index is 12.4. The van der Waals surface area contributed by atoms with Crippen LogP contribution in [0.3, 0.4) is 0 Å². The Labute approximate surface area is 125 Å². The lowest BCUT2D eigenvalue weighted by Gasteiger charge is -2.14. The van der Waals surface area contributed by atoms with Crippen molar-refractivity contribution in [3.63, 3.8) is 0 Å². The highest BCUT2D eigenvalue weighted by atomic mass is 32.1. The Balaban J connectivity index is 2.10. The molecule has 0 fully saturated rings. The fraction of sp³-hybridized carbons (Fsp3) is 0.417. The van der Waals surface area contributed by atoms with E-state index in [1.54, 1.807) is 17.5 Å². The molecule has 8 heteroatoms. The Morgan fingerprint density at radius 3 is 2.90 bits per heavy atom. The van der Waals surface area contributed by atoms with Crippen LogP contribution in [-0.4, -0.2) is 33.9 Å². The van der Waals surface area contributed by atoms with Crippen LogP contribution in [0, 0.1) is 0 Å². The lowest BCUT2D eigenvalue weighted by atomic mass is 10.4. The van der Waals surface area contributed by atoms with Gasteiger partial charge in [0, 0.05) is 18.5 Å². The number of nitrogens with two attached hydrogens (primary N) is 1. The van der Waals surface area contributed by atoms with E-state index in [4.69, 9.17) is 5.73 Å². The molecule has 0 aliphatic carbocycles. The van der Waals surface area contributed by atoms with Crippen LogP contribution in [0.2, 0.25) is 0 Å². The molecule has 0 aromatic carbocycles. The van der Waals surface area contributed by atoms with Gasteiger partial charge < -0.3 is 16.0 Å². The minimum atomic E-state index is -0.134. The van der Waals surface area contributed by atoms with Crippen LogP contribution < -0.4 is 11.1 Å². The summed E-state index contributed by atoms with van der Waals surface area (Å²) in [7, 11) is 1.73. The minimum absolute atomic E-state index is 0.134. The SMILES string of the molecule is CC(C)Nc1nc(N)c(C(=O)N(C)Cc2cscn2)s1. The molecule has 0 radical (unpaired) electrons. The highest BCUT2D eigenvalue weighted by Gasteiger charge is 2.20. The average Bonchev–Trinajstić information content (AvgIpc) is 2.97. The van der Waals surface area contributed by atoms with Crippen molar-refractivity contribution in [1.29, 1.82) is 0 Å². The van der Waals surface area contributed by atoms with Crippen molar-refractivity contribution in [1.82, 2.24) is 14.9 Å². The molecule has 0 saturated heterocycles. The predicted molar refractivity (Wildman–Crippen MR) is 83.2 cm³/mol. The first-order valence-electron chi connectivity index (χ1n) is 6.12. The van der Waals surface area contributed by atoms with E-state index >= 15 is 0 Å². The zero-order chi connectivity index (χ0) is 14.7. The molecule has 2 rings (SSSR count). The van der Waals surface area contributed by atoms with Crippen LogP contribution >= 0.6 is 22.7 Å². The van der Waals surface area contributed by atoms with Crippen molar-refractivity contribution in [3.8, 4) is 0 Å². The van der Waals surface area contributed by atoms with Gasteiger partial charge in [0.05, 0.1) is 17.7 Å². The third-order valence-corrected chi connectivity index (χ3v) is 4.11. The van der Waals surface area contributed by atoms with Crippen LogP contribution in [0.5, 0.6) is 0 Å². The Morgan fingerprint density at radius 2 is 2.30 bits per heavy atom. The Hall–Kier alpha value is -1.67. The lowest BCUT2D eigenvalue weighted by molar-refractivity contribution is 0.0789. The summed E-state index contributed by atoms with van der Waals surface area (Å²) in [6.45, 7) is 4.48. The fourth-order valence-electron chi connectivity index (χ4n) is 1.60. The van der Waals surface area contributed by atoms with E-state index in [1.165, 1.54) is 22.7 Å². The van der Waals surface area contributed by atoms with E-state index in [9.17, 15) is 4.79 Å². The van der Waals surface area contributed by atoms with Crippen molar-refractivity contribution in [2.45, 2.75) is 26.4 Å². The number of amides is 1. The number of nitrogens with one attached hydrogen (secondary N) is 1. The Morgan fingerprint density at radius 1 is 1.55 bits per heavy atom. The quantitative estimate of drug-likeness (QED) is 0.885. The van der Waals surface area contributed by atoms with Crippen molar-refractivity contribution in [2.75, 3.05) is 18.1 Å². The van der Waals surface area contributed by atoms with Gasteiger partial charge in [0.1, 0.15) is 10.7 Å². The van der Waals surface area contributed by atoms with E-state index in [-0.39, 0.29) is 17.8 Å². The third kappa shape index (κ3) is 3.45. The van der Waals surface area contributed by atoms with Crippen molar-refractivity contribution in [3.05, 3.63) is 21.5 Å². The Kier molecular flexibility index (Phi) is 4.56. The molecule has 20 heavy (non-hydrogen) atoms. The van der Waals surface area contributed by atoms with Crippen molar-refractivity contribution < 1.29 is 4.79 Å². The summed E-state index contributed by atoms with van der Waals surface area (Å²) in [5.41, 5.74) is 8.45. The zero-order valence-corrected chi connectivity index (χ0v) is 13.2. The summed E-state index contributed by atoms with van der Waals surface area (Å²) in [5.74, 6) is 0.137. The molecular formula is C12H17N5OS2. The molecule has 0 spiro atoms. The molecule has 0 aliphatic heterocycles. The smallest absolute Gasteiger partial charge is 0.267 e. The molecule has 6 nitrogen and oxygen atoms in total. The maximum atomic E-state index is 12.4. The Bertz CT molecular complexity index is 579. The molecular weight excluding hydrogens is 294 g/mol. The number of nitrogen functional groups attached to an aromatic ring is 1. The topological polar surface area (TPSA) is 84.1 Å². The maximum Gasteiger partial charge on any atom is 0.267 e. The molecule has 2 heterocycles. The second-order valence-corrected chi connectivity index (χ2v) is 6.39. The second kappa shape index (κ2) is 6.19. The molecule has 2 aromatic rings. The van der Waals surface area contributed by atoms with Crippen molar-refractivity contribution in [2.24, 2.45) is 0 Å². The molecule has 3 N–H and O–H groups in total. The van der Waals surface area contributed by atoms with Gasteiger partial charge in [-0.1, -0.05) is 11.3 Å². The highest BCUT2D eigenvalue weighted by Crippen LogP contribution is 2.26. The van der Waals surface area contributed by atoms with Gasteiger partial charge in [0.25, 0.3) is 5.91 Å². The number of carbonyl (C=O) groups is 1. The fourth-order valence-corrected chi connectivity index (χ4v) is 3.17. The van der Waals surface area contributed by atoms with Gasteiger partial charge in [0.15, 0.2) is 5.13 Å². The molecule has 0 atom stereocenters. The second-order valence-electron chi connectivity index (χ2n) is 4.67. The summed E-state index contributed by atoms with van der Waals surface area (Å²) >= 11 is 2.79. The summed E-state index contributed by atoms with van der Waals surface area (Å²) < 4.78 is 0. The number of hydrogen-bond donors (Lipinski definition) is 2. The number of hydrogen-bond acceptors (Lipinski definition) is 7. The van der Waals surface area contributed by atoms with Crippen LogP contribution in [0.1, 0.15) is 29.2 Å². The molecule has 108 valence electrons. The van der Waals surface area contributed by atoms with E-state index in [2.05, 4.69) is 15.3 Å². The zero-order valence-electron chi connectivity index (χ0n) is 11.6. The van der Waals surface area contributed by atoms with E-state index in [1.807, 2.05) is 19.2 Å². The summed E-state index contributed by atoms with van der Waals surface area (Å²) in [5, 5.41) is 5.74. The standard InChI is InChI=1S/C12H17N5OS2/c1-7(2)15-12-16-10(13)9(20-12)11(18)17(3)4-8-5-19-6-14-8/h5-7H,4,13H2,1-3H3,(H,15,16). The van der Waals surface area contributed by atoms with Crippen LogP contribution in [0.4, 0.5) is 10.9 Å². The number of aromatic nitrogens is 2. The van der Waals surface area contributed by atoms with Gasteiger partial charge >= 0.3 is 0 Å². The van der Waals surface area contributed by atoms with E-state index < -0.39 is 0 Å². The first-order valence-corrected chi connectivity index (χ1v) is 7.88. The van der Waals surface area contributed by atoms with E-state index in [0.717, 1.165) is 5.69 Å². The van der Waals surface area contributed by atoms with E-state index in [0.29, 0.717) is 16.6 Å². The largest absolute Gasteiger partial charge is 0.382 e. The number of nitrogens with zero attached hydrogens (tertiary/aromatic N) is 3. The third-order valence-electron chi connectivity index (χ3n) is 2.49. The van der Waals surface area contributed by atoms with Crippen LogP contribution in [-0.2, 0) is 6.54 Å². The number of carbonyl (C=O) groups excluding carboxylic acids is 1. The van der Waals surface area contributed by atoms with Gasteiger partial charge in [-0.15, -0.1) is 11.3 Å². The number of thiazole rings is 2. The molecule has 0 bridgehead atoms. The van der Waals surface area contributed by atoms with Gasteiger partial charge in [-0.05, 0) is 13.8 Å². The predicted octanol–water partition coefficient (Wildman–Crippen LogP) is 2.27.